The van der Waals surface area contributed by atoms with Crippen LogP contribution < -0.4 is 5.73 Å². The van der Waals surface area contributed by atoms with Gasteiger partial charge in [0, 0.05) is 6.92 Å². The minimum Gasteiger partial charge on any atom is -0.445 e. The zero-order valence-corrected chi connectivity index (χ0v) is 10.7. The highest BCUT2D eigenvalue weighted by atomic mass is 16.6. The highest BCUT2D eigenvalue weighted by Gasteiger charge is 2.35. The van der Waals surface area contributed by atoms with E-state index in [1.807, 2.05) is 30.3 Å². The van der Waals surface area contributed by atoms with Crippen molar-refractivity contribution in [2.24, 2.45) is 0 Å². The van der Waals surface area contributed by atoms with Crippen LogP contribution in [-0.2, 0) is 14.3 Å². The van der Waals surface area contributed by atoms with Crippen LogP contribution in [0.5, 0.6) is 0 Å². The molecule has 1 aromatic rings. The van der Waals surface area contributed by atoms with E-state index in [0.717, 1.165) is 5.56 Å². The predicted molar refractivity (Wildman–Crippen MR) is 68.4 cm³/mol. The summed E-state index contributed by atoms with van der Waals surface area (Å²) in [6, 6.07) is 9.44. The van der Waals surface area contributed by atoms with Crippen molar-refractivity contribution in [2.75, 3.05) is 6.54 Å². The van der Waals surface area contributed by atoms with Gasteiger partial charge in [0.05, 0.1) is 0 Å². The van der Waals surface area contributed by atoms with Gasteiger partial charge in [0.1, 0.15) is 6.54 Å². The number of quaternary nitrogens is 1. The summed E-state index contributed by atoms with van der Waals surface area (Å²) in [6.07, 6.45) is 3.11. The minimum absolute atomic E-state index is 0.199. The third-order valence-corrected chi connectivity index (χ3v) is 2.59. The first-order valence-electron chi connectivity index (χ1n) is 5.74. The summed E-state index contributed by atoms with van der Waals surface area (Å²) >= 11 is 0. The topological polar surface area (TPSA) is 71.0 Å². The molecule has 0 bridgehead atoms. The van der Waals surface area contributed by atoms with Gasteiger partial charge in [-0.05, 0) is 18.6 Å². The number of rotatable bonds is 5. The second-order valence-corrected chi connectivity index (χ2v) is 4.18. The standard InChI is InChI=1S/C14H17NO3/c1-11(16)18-14(2,10-15)13(17)9-8-12-6-4-3-5-7-12/h3-9H,10,15H2,1-2H3/p+1/b9-8+. The third-order valence-electron chi connectivity index (χ3n) is 2.59. The second-order valence-electron chi connectivity index (χ2n) is 4.18. The van der Waals surface area contributed by atoms with E-state index in [1.165, 1.54) is 13.0 Å². The van der Waals surface area contributed by atoms with Gasteiger partial charge < -0.3 is 10.5 Å². The van der Waals surface area contributed by atoms with Crippen molar-refractivity contribution in [2.45, 2.75) is 19.4 Å². The van der Waals surface area contributed by atoms with Crippen LogP contribution in [0.15, 0.2) is 36.4 Å². The molecule has 0 aliphatic heterocycles. The minimum atomic E-state index is -1.18. The van der Waals surface area contributed by atoms with Crippen LogP contribution in [0.2, 0.25) is 0 Å². The highest BCUT2D eigenvalue weighted by Crippen LogP contribution is 2.12. The molecule has 0 fully saturated rings. The summed E-state index contributed by atoms with van der Waals surface area (Å²) in [6.45, 7) is 3.05. The van der Waals surface area contributed by atoms with Crippen LogP contribution in [0.25, 0.3) is 6.08 Å². The maximum absolute atomic E-state index is 12.0. The Morgan fingerprint density at radius 2 is 1.94 bits per heavy atom. The van der Waals surface area contributed by atoms with Gasteiger partial charge in [-0.15, -0.1) is 0 Å². The lowest BCUT2D eigenvalue weighted by molar-refractivity contribution is -0.391. The lowest BCUT2D eigenvalue weighted by atomic mass is 9.99. The van der Waals surface area contributed by atoms with E-state index < -0.39 is 11.6 Å². The Hall–Kier alpha value is -1.94. The molecule has 0 heterocycles. The summed E-state index contributed by atoms with van der Waals surface area (Å²) in [5.74, 6) is -0.751. The Bertz CT molecular complexity index is 453. The largest absolute Gasteiger partial charge is 0.445 e. The van der Waals surface area contributed by atoms with E-state index in [2.05, 4.69) is 5.73 Å². The van der Waals surface area contributed by atoms with Gasteiger partial charge in [-0.3, -0.25) is 9.59 Å². The molecule has 0 aliphatic carbocycles. The molecule has 3 N–H and O–H groups in total. The van der Waals surface area contributed by atoms with Gasteiger partial charge >= 0.3 is 5.97 Å². The summed E-state index contributed by atoms with van der Waals surface area (Å²) in [7, 11) is 0. The smallest absolute Gasteiger partial charge is 0.303 e. The van der Waals surface area contributed by atoms with Crippen molar-refractivity contribution in [3.8, 4) is 0 Å². The molecule has 0 aromatic heterocycles. The van der Waals surface area contributed by atoms with Crippen molar-refractivity contribution in [1.29, 1.82) is 0 Å². The first kappa shape index (κ1) is 14.1. The fourth-order valence-corrected chi connectivity index (χ4v) is 1.45. The fourth-order valence-electron chi connectivity index (χ4n) is 1.45. The quantitative estimate of drug-likeness (QED) is 0.620. The van der Waals surface area contributed by atoms with Crippen molar-refractivity contribution in [3.63, 3.8) is 0 Å². The van der Waals surface area contributed by atoms with Gasteiger partial charge in [0.15, 0.2) is 0 Å². The molecular weight excluding hydrogens is 230 g/mol. The zero-order chi connectivity index (χ0) is 13.6. The van der Waals surface area contributed by atoms with Gasteiger partial charge in [-0.25, -0.2) is 0 Å². The van der Waals surface area contributed by atoms with Crippen LogP contribution >= 0.6 is 0 Å². The first-order valence-corrected chi connectivity index (χ1v) is 5.74. The van der Waals surface area contributed by atoms with Crippen LogP contribution in [-0.4, -0.2) is 23.9 Å². The number of hydrogen-bond donors (Lipinski definition) is 1. The average Bonchev–Trinajstić information content (AvgIpc) is 2.36. The van der Waals surface area contributed by atoms with Crippen molar-refractivity contribution < 1.29 is 20.1 Å². The zero-order valence-electron chi connectivity index (χ0n) is 10.7. The second kappa shape index (κ2) is 6.12. The lowest BCUT2D eigenvalue weighted by Gasteiger charge is -2.22. The molecular formula is C14H18NO3+. The summed E-state index contributed by atoms with van der Waals surface area (Å²) in [5, 5.41) is 0. The van der Waals surface area contributed by atoms with Crippen molar-refractivity contribution in [3.05, 3.63) is 42.0 Å². The summed E-state index contributed by atoms with van der Waals surface area (Å²) in [5.41, 5.74) is 3.39. The maximum atomic E-state index is 12.0. The van der Waals surface area contributed by atoms with Crippen LogP contribution in [0.1, 0.15) is 19.4 Å². The van der Waals surface area contributed by atoms with Gasteiger partial charge in [0.2, 0.25) is 11.4 Å². The highest BCUT2D eigenvalue weighted by molar-refractivity contribution is 6.00. The number of hydrogen-bond acceptors (Lipinski definition) is 3. The Balaban J connectivity index is 2.80. The summed E-state index contributed by atoms with van der Waals surface area (Å²) in [4.78, 5) is 23.0. The van der Waals surface area contributed by atoms with E-state index in [-0.39, 0.29) is 12.3 Å². The van der Waals surface area contributed by atoms with Crippen molar-refractivity contribution in [1.82, 2.24) is 0 Å². The predicted octanol–water partition coefficient (Wildman–Crippen LogP) is 0.833. The first-order chi connectivity index (χ1) is 8.48. The van der Waals surface area contributed by atoms with Crippen LogP contribution in [0.3, 0.4) is 0 Å². The van der Waals surface area contributed by atoms with Gasteiger partial charge in [-0.2, -0.15) is 0 Å². The average molecular weight is 248 g/mol. The molecule has 1 atom stereocenters. The van der Waals surface area contributed by atoms with Crippen LogP contribution in [0, 0.1) is 0 Å². The van der Waals surface area contributed by atoms with E-state index in [0.29, 0.717) is 0 Å². The SMILES string of the molecule is CC(=O)OC(C)(C[NH3+])C(=O)/C=C/c1ccccc1. The Kier molecular flexibility index (Phi) is 4.80. The molecule has 0 amide bonds. The number of esters is 1. The maximum Gasteiger partial charge on any atom is 0.303 e. The molecule has 0 radical (unpaired) electrons. The molecule has 0 saturated heterocycles. The third kappa shape index (κ3) is 3.82. The molecule has 0 spiro atoms. The van der Waals surface area contributed by atoms with Gasteiger partial charge in [-0.1, -0.05) is 36.4 Å². The Labute approximate surface area is 106 Å². The number of benzene rings is 1. The molecule has 1 rings (SSSR count). The van der Waals surface area contributed by atoms with E-state index in [4.69, 9.17) is 4.74 Å². The van der Waals surface area contributed by atoms with Crippen LogP contribution in [0.4, 0.5) is 0 Å². The Morgan fingerprint density at radius 3 is 2.44 bits per heavy atom. The van der Waals surface area contributed by atoms with E-state index in [9.17, 15) is 9.59 Å². The number of ketones is 1. The summed E-state index contributed by atoms with van der Waals surface area (Å²) < 4.78 is 5.03. The molecule has 4 nitrogen and oxygen atoms in total. The molecule has 1 unspecified atom stereocenters. The molecule has 4 heteroatoms. The fraction of sp³-hybridized carbons (Fsp3) is 0.286. The number of carbonyl (C=O) groups is 2. The molecule has 1 aromatic carbocycles. The number of carbonyl (C=O) groups excluding carboxylic acids is 2. The van der Waals surface area contributed by atoms with Crippen molar-refractivity contribution >= 4 is 17.8 Å². The molecule has 0 saturated carbocycles. The molecule has 0 aliphatic rings. The monoisotopic (exact) mass is 248 g/mol. The molecule has 96 valence electrons. The molecule has 18 heavy (non-hydrogen) atoms. The normalized spacial score (nSPS) is 14.2. The number of ether oxygens (including phenoxy) is 1. The Morgan fingerprint density at radius 1 is 1.33 bits per heavy atom. The van der Waals surface area contributed by atoms with E-state index >= 15 is 0 Å². The lowest BCUT2D eigenvalue weighted by Crippen LogP contribution is -2.64. The van der Waals surface area contributed by atoms with E-state index in [1.54, 1.807) is 13.0 Å². The van der Waals surface area contributed by atoms with Gasteiger partial charge in [0.25, 0.3) is 0 Å².